The highest BCUT2D eigenvalue weighted by atomic mass is 16.3. The summed E-state index contributed by atoms with van der Waals surface area (Å²) < 4.78 is 0. The minimum atomic E-state index is -0.395. The molecule has 23 heavy (non-hydrogen) atoms. The second-order valence-electron chi connectivity index (χ2n) is 7.82. The van der Waals surface area contributed by atoms with E-state index in [0.29, 0.717) is 5.92 Å². The molecule has 2 aromatic carbocycles. The van der Waals surface area contributed by atoms with Crippen molar-refractivity contribution >= 4 is 0 Å². The van der Waals surface area contributed by atoms with Crippen LogP contribution in [0, 0.1) is 0 Å². The molecular weight excluding hydrogens is 280 g/mol. The van der Waals surface area contributed by atoms with Crippen LogP contribution in [-0.4, -0.2) is 5.11 Å². The second kappa shape index (κ2) is 7.31. The zero-order chi connectivity index (χ0) is 17.0. The molecule has 0 heterocycles. The van der Waals surface area contributed by atoms with Crippen molar-refractivity contribution in [1.29, 1.82) is 0 Å². The molecule has 0 aromatic heterocycles. The van der Waals surface area contributed by atoms with E-state index in [-0.39, 0.29) is 5.41 Å². The van der Waals surface area contributed by atoms with Crippen molar-refractivity contribution in [3.63, 3.8) is 0 Å². The average Bonchev–Trinajstić information content (AvgIpc) is 2.52. The summed E-state index contributed by atoms with van der Waals surface area (Å²) in [7, 11) is 0. The average molecular weight is 310 g/mol. The molecule has 0 amide bonds. The van der Waals surface area contributed by atoms with Gasteiger partial charge in [0.2, 0.25) is 0 Å². The summed E-state index contributed by atoms with van der Waals surface area (Å²) in [6, 6.07) is 17.2. The number of aliphatic hydroxyl groups excluding tert-OH is 1. The molecule has 1 N–H and O–H groups in total. The van der Waals surface area contributed by atoms with Crippen LogP contribution in [0.25, 0.3) is 0 Å². The van der Waals surface area contributed by atoms with Gasteiger partial charge in [-0.15, -0.1) is 0 Å². The lowest BCUT2D eigenvalue weighted by atomic mass is 9.86. The van der Waals surface area contributed by atoms with Crippen LogP contribution in [0.2, 0.25) is 0 Å². The first-order valence-electron chi connectivity index (χ1n) is 8.64. The Kier molecular flexibility index (Phi) is 5.64. The number of aliphatic hydroxyl groups is 1. The van der Waals surface area contributed by atoms with Crippen molar-refractivity contribution in [2.75, 3.05) is 0 Å². The minimum Gasteiger partial charge on any atom is -0.388 e. The Bertz CT molecular complexity index is 600. The standard InChI is InChI=1S/C22H30O/c1-16(2)18-9-6-17(7-10-18)8-15-21(23)19-11-13-20(14-12-19)22(3,4)5/h6-7,9-14,16,21,23H,8,15H2,1-5H3. The molecule has 2 rings (SSSR count). The predicted octanol–water partition coefficient (Wildman–Crippen LogP) is 5.77. The van der Waals surface area contributed by atoms with E-state index < -0.39 is 6.10 Å². The summed E-state index contributed by atoms with van der Waals surface area (Å²) in [5.74, 6) is 0.566. The first-order valence-corrected chi connectivity index (χ1v) is 8.64. The molecule has 2 aromatic rings. The van der Waals surface area contributed by atoms with Crippen molar-refractivity contribution in [2.24, 2.45) is 0 Å². The number of hydrogen-bond donors (Lipinski definition) is 1. The van der Waals surface area contributed by atoms with E-state index in [1.807, 2.05) is 0 Å². The van der Waals surface area contributed by atoms with E-state index in [4.69, 9.17) is 0 Å². The Labute approximate surface area is 141 Å². The Hall–Kier alpha value is -1.60. The predicted molar refractivity (Wildman–Crippen MR) is 99.0 cm³/mol. The fraction of sp³-hybridized carbons (Fsp3) is 0.455. The molecule has 1 unspecified atom stereocenters. The highest BCUT2D eigenvalue weighted by Gasteiger charge is 2.14. The molecule has 0 fully saturated rings. The number of hydrogen-bond acceptors (Lipinski definition) is 1. The van der Waals surface area contributed by atoms with Gasteiger partial charge in [-0.2, -0.15) is 0 Å². The molecule has 0 radical (unpaired) electrons. The molecule has 0 saturated heterocycles. The SMILES string of the molecule is CC(C)c1ccc(CCC(O)c2ccc(C(C)(C)C)cc2)cc1. The van der Waals surface area contributed by atoms with E-state index >= 15 is 0 Å². The van der Waals surface area contributed by atoms with E-state index in [2.05, 4.69) is 83.1 Å². The maximum Gasteiger partial charge on any atom is 0.0793 e. The fourth-order valence-corrected chi connectivity index (χ4v) is 2.74. The van der Waals surface area contributed by atoms with Gasteiger partial charge in [0.15, 0.2) is 0 Å². The largest absolute Gasteiger partial charge is 0.388 e. The van der Waals surface area contributed by atoms with Crippen molar-refractivity contribution in [1.82, 2.24) is 0 Å². The molecule has 0 aliphatic carbocycles. The van der Waals surface area contributed by atoms with Crippen LogP contribution >= 0.6 is 0 Å². The third-order valence-electron chi connectivity index (χ3n) is 4.51. The van der Waals surface area contributed by atoms with Crippen LogP contribution in [0.1, 0.15) is 75.3 Å². The van der Waals surface area contributed by atoms with Gasteiger partial charge in [0.1, 0.15) is 0 Å². The van der Waals surface area contributed by atoms with Crippen molar-refractivity contribution < 1.29 is 5.11 Å². The minimum absolute atomic E-state index is 0.154. The maximum absolute atomic E-state index is 10.4. The summed E-state index contributed by atoms with van der Waals surface area (Å²) in [5.41, 5.74) is 5.13. The Morgan fingerprint density at radius 1 is 0.826 bits per heavy atom. The van der Waals surface area contributed by atoms with Gasteiger partial charge in [-0.3, -0.25) is 0 Å². The zero-order valence-corrected chi connectivity index (χ0v) is 15.1. The maximum atomic E-state index is 10.4. The van der Waals surface area contributed by atoms with Gasteiger partial charge in [-0.25, -0.2) is 0 Å². The molecule has 1 nitrogen and oxygen atoms in total. The lowest BCUT2D eigenvalue weighted by Crippen LogP contribution is -2.11. The molecule has 124 valence electrons. The first-order chi connectivity index (χ1) is 10.8. The van der Waals surface area contributed by atoms with Crippen LogP contribution in [0.4, 0.5) is 0 Å². The van der Waals surface area contributed by atoms with E-state index in [1.165, 1.54) is 16.7 Å². The number of rotatable bonds is 5. The monoisotopic (exact) mass is 310 g/mol. The van der Waals surface area contributed by atoms with Gasteiger partial charge in [0, 0.05) is 0 Å². The topological polar surface area (TPSA) is 20.2 Å². The molecular formula is C22H30O. The van der Waals surface area contributed by atoms with Gasteiger partial charge in [-0.05, 0) is 46.4 Å². The van der Waals surface area contributed by atoms with Gasteiger partial charge in [0.05, 0.1) is 6.10 Å². The van der Waals surface area contributed by atoms with Crippen LogP contribution in [-0.2, 0) is 11.8 Å². The molecule has 1 heteroatoms. The Balaban J connectivity index is 1.95. The summed E-state index contributed by atoms with van der Waals surface area (Å²) in [6.07, 6.45) is 1.27. The van der Waals surface area contributed by atoms with Crippen molar-refractivity contribution in [3.8, 4) is 0 Å². The molecule has 0 aliphatic rings. The normalized spacial score (nSPS) is 13.3. The zero-order valence-electron chi connectivity index (χ0n) is 15.1. The lowest BCUT2D eigenvalue weighted by molar-refractivity contribution is 0.168. The highest BCUT2D eigenvalue weighted by molar-refractivity contribution is 5.29. The van der Waals surface area contributed by atoms with Gasteiger partial charge < -0.3 is 5.11 Å². The Morgan fingerprint density at radius 2 is 1.35 bits per heavy atom. The third kappa shape index (κ3) is 4.94. The van der Waals surface area contributed by atoms with Crippen LogP contribution < -0.4 is 0 Å². The van der Waals surface area contributed by atoms with E-state index in [0.717, 1.165) is 18.4 Å². The fourth-order valence-electron chi connectivity index (χ4n) is 2.74. The molecule has 1 atom stereocenters. The smallest absolute Gasteiger partial charge is 0.0793 e. The molecule has 0 saturated carbocycles. The number of benzene rings is 2. The first kappa shape index (κ1) is 17.7. The third-order valence-corrected chi connectivity index (χ3v) is 4.51. The highest BCUT2D eigenvalue weighted by Crippen LogP contribution is 2.25. The van der Waals surface area contributed by atoms with Gasteiger partial charge in [-0.1, -0.05) is 83.1 Å². The summed E-state index contributed by atoms with van der Waals surface area (Å²) in [5, 5.41) is 10.4. The van der Waals surface area contributed by atoms with Crippen LogP contribution in [0.3, 0.4) is 0 Å². The van der Waals surface area contributed by atoms with Crippen LogP contribution in [0.15, 0.2) is 48.5 Å². The molecule has 0 bridgehead atoms. The molecule has 0 spiro atoms. The summed E-state index contributed by atoms with van der Waals surface area (Å²) in [4.78, 5) is 0. The number of aryl methyl sites for hydroxylation is 1. The van der Waals surface area contributed by atoms with E-state index in [1.54, 1.807) is 0 Å². The van der Waals surface area contributed by atoms with Crippen LogP contribution in [0.5, 0.6) is 0 Å². The Morgan fingerprint density at radius 3 is 1.83 bits per heavy atom. The summed E-state index contributed by atoms with van der Waals surface area (Å²) >= 11 is 0. The van der Waals surface area contributed by atoms with Gasteiger partial charge >= 0.3 is 0 Å². The molecule has 0 aliphatic heterocycles. The van der Waals surface area contributed by atoms with E-state index in [9.17, 15) is 5.11 Å². The second-order valence-corrected chi connectivity index (χ2v) is 7.82. The van der Waals surface area contributed by atoms with Gasteiger partial charge in [0.25, 0.3) is 0 Å². The van der Waals surface area contributed by atoms with Crippen molar-refractivity contribution in [2.45, 2.75) is 64.9 Å². The lowest BCUT2D eigenvalue weighted by Gasteiger charge is -2.20. The van der Waals surface area contributed by atoms with Crippen molar-refractivity contribution in [3.05, 3.63) is 70.8 Å². The summed E-state index contributed by atoms with van der Waals surface area (Å²) in [6.45, 7) is 11.0. The quantitative estimate of drug-likeness (QED) is 0.743.